The first-order chi connectivity index (χ1) is 22.9. The summed E-state index contributed by atoms with van der Waals surface area (Å²) in [6.45, 7) is 0.713. The van der Waals surface area contributed by atoms with Gasteiger partial charge in [-0.1, -0.05) is 18.2 Å². The molecule has 232 valence electrons. The maximum atomic E-state index is 14.0. The lowest BCUT2D eigenvalue weighted by molar-refractivity contribution is 0.0776. The van der Waals surface area contributed by atoms with E-state index in [1.165, 1.54) is 22.9 Å². The number of halogens is 1. The van der Waals surface area contributed by atoms with Gasteiger partial charge in [-0.25, -0.2) is 19.1 Å². The average Bonchev–Trinajstić information content (AvgIpc) is 3.86. The molecule has 2 aromatic carbocycles. The van der Waals surface area contributed by atoms with Crippen LogP contribution in [0.4, 0.5) is 4.39 Å². The number of amides is 1. The molecule has 1 atom stereocenters. The van der Waals surface area contributed by atoms with Crippen LogP contribution in [0, 0.1) is 17.1 Å². The molecule has 1 saturated heterocycles. The van der Waals surface area contributed by atoms with E-state index in [1.807, 2.05) is 11.0 Å². The number of carbonyl (C=O) groups is 1. The number of aromatic amines is 1. The lowest BCUT2D eigenvalue weighted by atomic mass is 9.89. The Bertz CT molecular complexity index is 2360. The maximum absolute atomic E-state index is 14.0. The third-order valence-corrected chi connectivity index (χ3v) is 8.79. The largest absolute Gasteiger partial charge is 0.434 e. The van der Waals surface area contributed by atoms with E-state index in [-0.39, 0.29) is 35.8 Å². The van der Waals surface area contributed by atoms with E-state index in [9.17, 15) is 18.8 Å². The first kappa shape index (κ1) is 28.3. The number of nitriles is 1. The first-order valence-corrected chi connectivity index (χ1v) is 15.0. The zero-order valence-corrected chi connectivity index (χ0v) is 24.7. The SMILES string of the molecule is N#Cc1ccc(Cn2c(=O)oc3cc(-c4c5c(nc(CCc6ccc(F)cc6)c4-c4n[nH]c(=O)o4)C4CCCN4C5=O)ccc32)nc1. The highest BCUT2D eigenvalue weighted by molar-refractivity contribution is 6.08. The smallest absolute Gasteiger partial charge is 0.408 e. The molecule has 1 unspecified atom stereocenters. The van der Waals surface area contributed by atoms with E-state index in [2.05, 4.69) is 15.2 Å². The highest BCUT2D eigenvalue weighted by Gasteiger charge is 2.44. The zero-order chi connectivity index (χ0) is 32.2. The molecule has 0 bridgehead atoms. The number of aromatic nitrogens is 5. The molecule has 8 rings (SSSR count). The number of rotatable bonds is 7. The number of benzene rings is 2. The number of fused-ring (bicyclic) bond motifs is 4. The Morgan fingerprint density at radius 3 is 2.60 bits per heavy atom. The van der Waals surface area contributed by atoms with E-state index >= 15 is 0 Å². The Morgan fingerprint density at radius 1 is 1.00 bits per heavy atom. The third kappa shape index (κ3) is 4.82. The normalized spacial score (nSPS) is 15.3. The van der Waals surface area contributed by atoms with E-state index in [1.54, 1.807) is 42.5 Å². The van der Waals surface area contributed by atoms with Gasteiger partial charge in [0.1, 0.15) is 11.9 Å². The number of nitrogens with one attached hydrogen (secondary N) is 1. The maximum Gasteiger partial charge on any atom is 0.434 e. The van der Waals surface area contributed by atoms with Crippen LogP contribution >= 0.6 is 0 Å². The van der Waals surface area contributed by atoms with Crippen LogP contribution in [0.1, 0.15) is 57.5 Å². The van der Waals surface area contributed by atoms with Crippen molar-refractivity contribution in [1.82, 2.24) is 29.6 Å². The molecule has 12 nitrogen and oxygen atoms in total. The van der Waals surface area contributed by atoms with E-state index in [0.717, 1.165) is 18.4 Å². The summed E-state index contributed by atoms with van der Waals surface area (Å²) in [5.74, 6) is -1.91. The lowest BCUT2D eigenvalue weighted by Gasteiger charge is -2.17. The van der Waals surface area contributed by atoms with Gasteiger partial charge in [-0.3, -0.25) is 19.3 Å². The fraction of sp³-hybridized carbons (Fsp3) is 0.206. The molecule has 0 spiro atoms. The van der Waals surface area contributed by atoms with Crippen LogP contribution in [0.25, 0.3) is 33.7 Å². The minimum Gasteiger partial charge on any atom is -0.408 e. The van der Waals surface area contributed by atoms with E-state index in [4.69, 9.17) is 19.1 Å². The minimum atomic E-state index is -0.766. The minimum absolute atomic E-state index is 0.0275. The van der Waals surface area contributed by atoms with Crippen molar-refractivity contribution < 1.29 is 18.0 Å². The van der Waals surface area contributed by atoms with Gasteiger partial charge in [-0.2, -0.15) is 5.26 Å². The van der Waals surface area contributed by atoms with Gasteiger partial charge in [-0.05, 0) is 73.2 Å². The van der Waals surface area contributed by atoms with E-state index < -0.39 is 11.5 Å². The summed E-state index contributed by atoms with van der Waals surface area (Å²) in [7, 11) is 0. The molecule has 1 amide bonds. The number of hydrogen-bond donors (Lipinski definition) is 1. The number of oxazole rings is 1. The van der Waals surface area contributed by atoms with Crippen molar-refractivity contribution in [2.24, 2.45) is 0 Å². The molecule has 47 heavy (non-hydrogen) atoms. The topological polar surface area (TPSA) is 164 Å². The highest BCUT2D eigenvalue weighted by atomic mass is 19.1. The molecule has 2 aliphatic rings. The predicted molar refractivity (Wildman–Crippen MR) is 165 cm³/mol. The number of H-pyrrole nitrogens is 1. The van der Waals surface area contributed by atoms with Crippen LogP contribution in [-0.2, 0) is 19.4 Å². The Balaban J connectivity index is 1.30. The average molecular weight is 630 g/mol. The molecule has 0 radical (unpaired) electrons. The van der Waals surface area contributed by atoms with Crippen LogP contribution in [0.5, 0.6) is 0 Å². The van der Waals surface area contributed by atoms with Gasteiger partial charge in [-0.15, -0.1) is 5.10 Å². The Labute approximate surface area is 264 Å². The molecule has 0 saturated carbocycles. The number of carbonyl (C=O) groups excluding carboxylic acids is 1. The molecule has 1 fully saturated rings. The van der Waals surface area contributed by atoms with Crippen LogP contribution in [0.3, 0.4) is 0 Å². The molecule has 4 aromatic heterocycles. The monoisotopic (exact) mass is 629 g/mol. The standard InChI is InChI=1S/C34H24FN7O5/c35-21-8-3-18(4-9-21)6-11-23-28(31-39-40-33(44)47-31)27(29-30(38-23)25-2-1-13-41(25)32(29)43)20-7-12-24-26(14-20)46-34(45)42(24)17-22-10-5-19(15-36)16-37-22/h3-5,7-10,12,14,16,25H,1-2,6,11,13,17H2,(H,40,44). The summed E-state index contributed by atoms with van der Waals surface area (Å²) in [4.78, 5) is 50.3. The second kappa shape index (κ2) is 11.0. The number of aryl methyl sites for hydroxylation is 2. The molecule has 1 N–H and O–H groups in total. The summed E-state index contributed by atoms with van der Waals surface area (Å²) >= 11 is 0. The zero-order valence-electron chi connectivity index (χ0n) is 24.7. The van der Waals surface area contributed by atoms with Crippen molar-refractivity contribution >= 4 is 17.0 Å². The van der Waals surface area contributed by atoms with Crippen molar-refractivity contribution in [2.75, 3.05) is 6.54 Å². The van der Waals surface area contributed by atoms with Gasteiger partial charge >= 0.3 is 11.5 Å². The summed E-state index contributed by atoms with van der Waals surface area (Å²) < 4.78 is 26.2. The second-order valence-corrected chi connectivity index (χ2v) is 11.6. The molecular formula is C34H24FN7O5. The van der Waals surface area contributed by atoms with Crippen LogP contribution in [-0.4, -0.2) is 42.1 Å². The Kier molecular flexibility index (Phi) is 6.64. The Hall–Kier alpha value is -6.16. The quantitative estimate of drug-likeness (QED) is 0.267. The van der Waals surface area contributed by atoms with Crippen LogP contribution in [0.15, 0.2) is 79.2 Å². The van der Waals surface area contributed by atoms with Gasteiger partial charge < -0.3 is 13.7 Å². The summed E-state index contributed by atoms with van der Waals surface area (Å²) in [5, 5.41) is 15.5. The van der Waals surface area contributed by atoms with Gasteiger partial charge in [0, 0.05) is 18.3 Å². The number of nitrogens with zero attached hydrogens (tertiary/aromatic N) is 6. The van der Waals surface area contributed by atoms with Crippen molar-refractivity contribution in [1.29, 1.82) is 5.26 Å². The van der Waals surface area contributed by atoms with Gasteiger partial charge in [0.2, 0.25) is 0 Å². The second-order valence-electron chi connectivity index (χ2n) is 11.6. The fourth-order valence-electron chi connectivity index (χ4n) is 6.62. The van der Waals surface area contributed by atoms with Crippen molar-refractivity contribution in [3.63, 3.8) is 0 Å². The number of pyridine rings is 2. The third-order valence-electron chi connectivity index (χ3n) is 8.79. The molecule has 2 aliphatic heterocycles. The van der Waals surface area contributed by atoms with Crippen molar-refractivity contribution in [3.05, 3.63) is 121 Å². The molecular weight excluding hydrogens is 605 g/mol. The number of hydrogen-bond acceptors (Lipinski definition) is 9. The van der Waals surface area contributed by atoms with Gasteiger partial charge in [0.25, 0.3) is 11.8 Å². The predicted octanol–water partition coefficient (Wildman–Crippen LogP) is 4.53. The summed E-state index contributed by atoms with van der Waals surface area (Å²) in [6, 6.07) is 16.5. The first-order valence-electron chi connectivity index (χ1n) is 15.0. The summed E-state index contributed by atoms with van der Waals surface area (Å²) in [5.41, 5.74) is 5.63. The van der Waals surface area contributed by atoms with E-state index in [0.29, 0.717) is 69.8 Å². The molecule has 13 heteroatoms. The Morgan fingerprint density at radius 2 is 1.85 bits per heavy atom. The summed E-state index contributed by atoms with van der Waals surface area (Å²) in [6.07, 6.45) is 3.93. The molecule has 6 aromatic rings. The molecule has 6 heterocycles. The van der Waals surface area contributed by atoms with Crippen LogP contribution < -0.4 is 11.5 Å². The van der Waals surface area contributed by atoms with Gasteiger partial charge in [0.15, 0.2) is 5.58 Å². The molecule has 0 aliphatic carbocycles. The van der Waals surface area contributed by atoms with Crippen molar-refractivity contribution in [3.8, 4) is 28.7 Å². The van der Waals surface area contributed by atoms with Crippen molar-refractivity contribution in [2.45, 2.75) is 38.3 Å². The fourth-order valence-corrected chi connectivity index (χ4v) is 6.62. The van der Waals surface area contributed by atoms with Crippen LogP contribution in [0.2, 0.25) is 0 Å². The van der Waals surface area contributed by atoms with Gasteiger partial charge in [0.05, 0.1) is 51.9 Å². The highest BCUT2D eigenvalue weighted by Crippen LogP contribution is 2.48. The lowest BCUT2D eigenvalue weighted by Crippen LogP contribution is -2.23.